The molecule has 0 amide bonds. The SMILES string of the molecule is COc1cc2nc(C)n(N=Cc3cccc(OC)c3O)c(=O)c2cc1OC. The van der Waals surface area contributed by atoms with E-state index in [1.54, 1.807) is 37.3 Å². The van der Waals surface area contributed by atoms with Gasteiger partial charge in [0, 0.05) is 11.6 Å². The van der Waals surface area contributed by atoms with Gasteiger partial charge in [-0.2, -0.15) is 9.78 Å². The number of aryl methyl sites for hydroxylation is 1. The van der Waals surface area contributed by atoms with Gasteiger partial charge in [-0.3, -0.25) is 4.79 Å². The zero-order chi connectivity index (χ0) is 19.6. The van der Waals surface area contributed by atoms with E-state index in [2.05, 4.69) is 10.1 Å². The van der Waals surface area contributed by atoms with Crippen molar-refractivity contribution in [3.05, 3.63) is 52.1 Å². The lowest BCUT2D eigenvalue weighted by Crippen LogP contribution is -2.20. The van der Waals surface area contributed by atoms with Gasteiger partial charge in [-0.25, -0.2) is 4.98 Å². The van der Waals surface area contributed by atoms with E-state index >= 15 is 0 Å². The van der Waals surface area contributed by atoms with Gasteiger partial charge in [0.25, 0.3) is 5.56 Å². The molecule has 0 radical (unpaired) electrons. The number of benzene rings is 2. The molecule has 0 spiro atoms. The molecule has 1 N–H and O–H groups in total. The fraction of sp³-hybridized carbons (Fsp3) is 0.211. The Balaban J connectivity index is 2.14. The van der Waals surface area contributed by atoms with Crippen molar-refractivity contribution in [3.8, 4) is 23.0 Å². The van der Waals surface area contributed by atoms with E-state index in [0.717, 1.165) is 4.68 Å². The number of para-hydroxylation sites is 1. The van der Waals surface area contributed by atoms with Crippen molar-refractivity contribution in [1.82, 2.24) is 9.66 Å². The van der Waals surface area contributed by atoms with Crippen LogP contribution in [-0.2, 0) is 0 Å². The smallest absolute Gasteiger partial charge is 0.282 e. The number of methoxy groups -OCH3 is 3. The van der Waals surface area contributed by atoms with Crippen molar-refractivity contribution in [2.75, 3.05) is 21.3 Å². The number of aromatic nitrogens is 2. The lowest BCUT2D eigenvalue weighted by atomic mass is 10.2. The molecule has 2 aromatic carbocycles. The highest BCUT2D eigenvalue weighted by Gasteiger charge is 2.13. The van der Waals surface area contributed by atoms with E-state index in [1.165, 1.54) is 27.5 Å². The van der Waals surface area contributed by atoms with Gasteiger partial charge in [0.1, 0.15) is 5.82 Å². The summed E-state index contributed by atoms with van der Waals surface area (Å²) >= 11 is 0. The molecule has 0 atom stereocenters. The van der Waals surface area contributed by atoms with Crippen molar-refractivity contribution in [1.29, 1.82) is 0 Å². The summed E-state index contributed by atoms with van der Waals surface area (Å²) in [7, 11) is 4.47. The number of hydrogen-bond acceptors (Lipinski definition) is 7. The van der Waals surface area contributed by atoms with Gasteiger partial charge in [0.15, 0.2) is 23.0 Å². The largest absolute Gasteiger partial charge is 0.504 e. The van der Waals surface area contributed by atoms with E-state index in [9.17, 15) is 9.90 Å². The maximum absolute atomic E-state index is 12.9. The Morgan fingerprint density at radius 3 is 2.41 bits per heavy atom. The fourth-order valence-corrected chi connectivity index (χ4v) is 2.68. The third-order valence-electron chi connectivity index (χ3n) is 4.08. The second kappa shape index (κ2) is 7.36. The molecule has 0 saturated heterocycles. The Morgan fingerprint density at radius 1 is 1.07 bits per heavy atom. The summed E-state index contributed by atoms with van der Waals surface area (Å²) in [6.07, 6.45) is 1.38. The monoisotopic (exact) mass is 369 g/mol. The highest BCUT2D eigenvalue weighted by atomic mass is 16.5. The maximum atomic E-state index is 12.9. The topological polar surface area (TPSA) is 95.2 Å². The number of phenolic OH excluding ortho intramolecular Hbond substituents is 1. The Labute approximate surface area is 155 Å². The second-order valence-electron chi connectivity index (χ2n) is 5.64. The van der Waals surface area contributed by atoms with Crippen molar-refractivity contribution >= 4 is 17.1 Å². The first-order valence-corrected chi connectivity index (χ1v) is 8.05. The first-order chi connectivity index (χ1) is 13.0. The molecule has 0 aliphatic rings. The number of phenols is 1. The summed E-state index contributed by atoms with van der Waals surface area (Å²) in [4.78, 5) is 17.3. The molecule has 3 aromatic rings. The van der Waals surface area contributed by atoms with Crippen LogP contribution in [-0.4, -0.2) is 42.3 Å². The van der Waals surface area contributed by atoms with Crippen molar-refractivity contribution in [2.24, 2.45) is 5.10 Å². The van der Waals surface area contributed by atoms with Gasteiger partial charge in [0.05, 0.1) is 38.4 Å². The molecule has 27 heavy (non-hydrogen) atoms. The normalized spacial score (nSPS) is 11.1. The number of aromatic hydroxyl groups is 1. The van der Waals surface area contributed by atoms with Crippen LogP contribution in [0, 0.1) is 6.92 Å². The second-order valence-corrected chi connectivity index (χ2v) is 5.64. The molecule has 0 unspecified atom stereocenters. The number of rotatable bonds is 5. The van der Waals surface area contributed by atoms with Crippen molar-refractivity contribution in [3.63, 3.8) is 0 Å². The van der Waals surface area contributed by atoms with Crippen LogP contribution in [0.15, 0.2) is 40.2 Å². The number of fused-ring (bicyclic) bond motifs is 1. The van der Waals surface area contributed by atoms with E-state index in [-0.39, 0.29) is 11.3 Å². The van der Waals surface area contributed by atoms with E-state index in [1.807, 2.05) is 0 Å². The molecule has 3 rings (SSSR count). The highest BCUT2D eigenvalue weighted by molar-refractivity contribution is 5.85. The minimum Gasteiger partial charge on any atom is -0.504 e. The summed E-state index contributed by atoms with van der Waals surface area (Å²) in [5.41, 5.74) is 0.524. The zero-order valence-corrected chi connectivity index (χ0v) is 15.4. The zero-order valence-electron chi connectivity index (χ0n) is 15.4. The molecular weight excluding hydrogens is 350 g/mol. The Kier molecular flexibility index (Phi) is 4.98. The predicted octanol–water partition coefficient (Wildman–Crippen LogP) is 2.32. The van der Waals surface area contributed by atoms with Gasteiger partial charge >= 0.3 is 0 Å². The summed E-state index contributed by atoms with van der Waals surface area (Å²) in [5.74, 6) is 1.55. The minimum atomic E-state index is -0.364. The average molecular weight is 369 g/mol. The quantitative estimate of drug-likeness (QED) is 0.694. The molecule has 140 valence electrons. The van der Waals surface area contributed by atoms with Gasteiger partial charge in [-0.1, -0.05) is 6.07 Å². The summed E-state index contributed by atoms with van der Waals surface area (Å²) in [6.45, 7) is 1.67. The molecule has 1 aromatic heterocycles. The lowest BCUT2D eigenvalue weighted by Gasteiger charge is -2.10. The van der Waals surface area contributed by atoms with Crippen LogP contribution >= 0.6 is 0 Å². The van der Waals surface area contributed by atoms with Crippen LogP contribution in [0.4, 0.5) is 0 Å². The molecule has 8 nitrogen and oxygen atoms in total. The number of ether oxygens (including phenoxy) is 3. The molecule has 0 aliphatic heterocycles. The number of nitrogens with zero attached hydrogens (tertiary/aromatic N) is 3. The Bertz CT molecular complexity index is 1090. The van der Waals surface area contributed by atoms with Crippen LogP contribution in [0.2, 0.25) is 0 Å². The predicted molar refractivity (Wildman–Crippen MR) is 101 cm³/mol. The summed E-state index contributed by atoms with van der Waals surface area (Å²) in [6, 6.07) is 8.21. The highest BCUT2D eigenvalue weighted by Crippen LogP contribution is 2.30. The van der Waals surface area contributed by atoms with Gasteiger partial charge in [-0.15, -0.1) is 0 Å². The van der Waals surface area contributed by atoms with Crippen molar-refractivity contribution in [2.45, 2.75) is 6.92 Å². The molecule has 8 heteroatoms. The van der Waals surface area contributed by atoms with Crippen LogP contribution in [0.3, 0.4) is 0 Å². The van der Waals surface area contributed by atoms with E-state index in [0.29, 0.717) is 39.5 Å². The van der Waals surface area contributed by atoms with Crippen LogP contribution in [0.5, 0.6) is 23.0 Å². The first kappa shape index (κ1) is 18.2. The molecular formula is C19H19N3O5. The van der Waals surface area contributed by atoms with Gasteiger partial charge in [-0.05, 0) is 25.1 Å². The Morgan fingerprint density at radius 2 is 1.74 bits per heavy atom. The molecule has 0 bridgehead atoms. The maximum Gasteiger partial charge on any atom is 0.282 e. The van der Waals surface area contributed by atoms with Crippen LogP contribution < -0.4 is 19.8 Å². The fourth-order valence-electron chi connectivity index (χ4n) is 2.68. The van der Waals surface area contributed by atoms with E-state index < -0.39 is 0 Å². The minimum absolute atomic E-state index is 0.0606. The van der Waals surface area contributed by atoms with Crippen LogP contribution in [0.25, 0.3) is 10.9 Å². The summed E-state index contributed by atoms with van der Waals surface area (Å²) in [5, 5.41) is 14.7. The number of hydrogen-bond donors (Lipinski definition) is 1. The first-order valence-electron chi connectivity index (χ1n) is 8.05. The van der Waals surface area contributed by atoms with Crippen molar-refractivity contribution < 1.29 is 19.3 Å². The van der Waals surface area contributed by atoms with Gasteiger partial charge < -0.3 is 19.3 Å². The van der Waals surface area contributed by atoms with Crippen LogP contribution in [0.1, 0.15) is 11.4 Å². The molecule has 0 saturated carbocycles. The molecule has 0 aliphatic carbocycles. The third-order valence-corrected chi connectivity index (χ3v) is 4.08. The van der Waals surface area contributed by atoms with E-state index in [4.69, 9.17) is 14.2 Å². The molecule has 0 fully saturated rings. The third kappa shape index (κ3) is 3.29. The standard InChI is InChI=1S/C19H19N3O5/c1-11-21-14-9-17(27-4)16(26-3)8-13(14)19(24)22(11)20-10-12-6-5-7-15(25-2)18(12)23/h5-10,23H,1-4H3. The lowest BCUT2D eigenvalue weighted by molar-refractivity contribution is 0.355. The molecule has 1 heterocycles. The Hall–Kier alpha value is -3.55. The summed E-state index contributed by atoms with van der Waals surface area (Å²) < 4.78 is 16.7. The van der Waals surface area contributed by atoms with Gasteiger partial charge in [0.2, 0.25) is 0 Å². The average Bonchev–Trinajstić information content (AvgIpc) is 2.68.